The molecular weight excluding hydrogens is 300 g/mol. The van der Waals surface area contributed by atoms with E-state index in [1.54, 1.807) is 29.7 Å². The number of imidazole rings is 1. The fraction of sp³-hybridized carbons (Fsp3) is 0.133. The molecule has 2 heterocycles. The second kappa shape index (κ2) is 5.61. The Balaban J connectivity index is 1.82. The lowest BCUT2D eigenvalue weighted by Gasteiger charge is -2.02. The van der Waals surface area contributed by atoms with Crippen molar-refractivity contribution in [3.63, 3.8) is 0 Å². The summed E-state index contributed by atoms with van der Waals surface area (Å²) in [5, 5.41) is 15.6. The molecular formula is C15H14N4O2S. The molecule has 0 fully saturated rings. The van der Waals surface area contributed by atoms with Crippen molar-refractivity contribution in [3.8, 4) is 5.75 Å². The number of nitrogens with one attached hydrogen (secondary N) is 1. The Labute approximate surface area is 130 Å². The van der Waals surface area contributed by atoms with E-state index >= 15 is 0 Å². The summed E-state index contributed by atoms with van der Waals surface area (Å²) in [5.74, 6) is -0.540. The number of aryl methyl sites for hydroxylation is 2. The number of carbonyl (C=O) groups excluding carboxylic acids is 1. The number of aromatic nitrogens is 2. The van der Waals surface area contributed by atoms with Crippen LogP contribution in [0.25, 0.3) is 4.96 Å². The van der Waals surface area contributed by atoms with E-state index in [0.29, 0.717) is 0 Å². The van der Waals surface area contributed by atoms with Gasteiger partial charge in [-0.1, -0.05) is 12.1 Å². The monoisotopic (exact) mass is 314 g/mol. The SMILES string of the molecule is Cc1nc2scc(C)n2c1/C=N/NC(=O)c1ccccc1O. The molecule has 0 aliphatic carbocycles. The Hall–Kier alpha value is -2.67. The number of rotatable bonds is 3. The summed E-state index contributed by atoms with van der Waals surface area (Å²) in [6.45, 7) is 3.88. The van der Waals surface area contributed by atoms with Crippen molar-refractivity contribution < 1.29 is 9.90 Å². The third-order valence-electron chi connectivity index (χ3n) is 3.26. The zero-order chi connectivity index (χ0) is 15.7. The van der Waals surface area contributed by atoms with Crippen LogP contribution in [-0.4, -0.2) is 26.6 Å². The van der Waals surface area contributed by atoms with Gasteiger partial charge in [0, 0.05) is 11.1 Å². The van der Waals surface area contributed by atoms with Crippen LogP contribution >= 0.6 is 11.3 Å². The summed E-state index contributed by atoms with van der Waals surface area (Å²) in [5.41, 5.74) is 5.33. The van der Waals surface area contributed by atoms with E-state index in [4.69, 9.17) is 0 Å². The highest BCUT2D eigenvalue weighted by molar-refractivity contribution is 7.15. The highest BCUT2D eigenvalue weighted by Gasteiger charge is 2.11. The van der Waals surface area contributed by atoms with E-state index in [9.17, 15) is 9.90 Å². The number of phenolic OH excluding ortho intramolecular Hbond substituents is 1. The molecule has 22 heavy (non-hydrogen) atoms. The van der Waals surface area contributed by atoms with Gasteiger partial charge in [-0.3, -0.25) is 9.20 Å². The zero-order valence-electron chi connectivity index (χ0n) is 12.1. The molecule has 0 aliphatic heterocycles. The van der Waals surface area contributed by atoms with E-state index in [1.807, 2.05) is 23.6 Å². The van der Waals surface area contributed by atoms with Crippen molar-refractivity contribution in [3.05, 3.63) is 52.3 Å². The average Bonchev–Trinajstić information content (AvgIpc) is 3.00. The first-order valence-electron chi connectivity index (χ1n) is 6.62. The number of amides is 1. The van der Waals surface area contributed by atoms with Crippen LogP contribution in [0.5, 0.6) is 5.75 Å². The van der Waals surface area contributed by atoms with Crippen LogP contribution in [0.3, 0.4) is 0 Å². The molecule has 6 nitrogen and oxygen atoms in total. The Morgan fingerprint density at radius 2 is 2.18 bits per heavy atom. The summed E-state index contributed by atoms with van der Waals surface area (Å²) < 4.78 is 1.98. The van der Waals surface area contributed by atoms with Gasteiger partial charge < -0.3 is 5.11 Å². The summed E-state index contributed by atoms with van der Waals surface area (Å²) in [4.78, 5) is 17.3. The third-order valence-corrected chi connectivity index (χ3v) is 4.20. The van der Waals surface area contributed by atoms with E-state index in [-0.39, 0.29) is 11.3 Å². The quantitative estimate of drug-likeness (QED) is 0.576. The first kappa shape index (κ1) is 14.3. The number of carbonyl (C=O) groups is 1. The summed E-state index contributed by atoms with van der Waals surface area (Å²) >= 11 is 1.56. The first-order valence-corrected chi connectivity index (χ1v) is 7.50. The molecule has 112 valence electrons. The maximum atomic E-state index is 12.0. The highest BCUT2D eigenvalue weighted by Crippen LogP contribution is 2.19. The van der Waals surface area contributed by atoms with E-state index in [0.717, 1.165) is 22.0 Å². The van der Waals surface area contributed by atoms with Crippen LogP contribution in [0.2, 0.25) is 0 Å². The third kappa shape index (κ3) is 2.46. The van der Waals surface area contributed by atoms with Gasteiger partial charge in [-0.05, 0) is 26.0 Å². The molecule has 2 aromatic heterocycles. The number of hydrogen-bond donors (Lipinski definition) is 2. The fourth-order valence-electron chi connectivity index (χ4n) is 2.16. The van der Waals surface area contributed by atoms with Gasteiger partial charge in [-0.15, -0.1) is 11.3 Å². The first-order chi connectivity index (χ1) is 10.6. The molecule has 1 amide bonds. The molecule has 2 N–H and O–H groups in total. The molecule has 0 saturated carbocycles. The van der Waals surface area contributed by atoms with Crippen LogP contribution < -0.4 is 5.43 Å². The lowest BCUT2D eigenvalue weighted by molar-refractivity contribution is 0.0952. The molecule has 3 rings (SSSR count). The molecule has 3 aromatic rings. The number of phenols is 1. The van der Waals surface area contributed by atoms with Gasteiger partial charge in [-0.2, -0.15) is 5.10 Å². The molecule has 0 radical (unpaired) electrons. The van der Waals surface area contributed by atoms with E-state index in [1.165, 1.54) is 12.1 Å². The summed E-state index contributed by atoms with van der Waals surface area (Å²) in [6.07, 6.45) is 1.56. The number of nitrogens with zero attached hydrogens (tertiary/aromatic N) is 3. The van der Waals surface area contributed by atoms with Crippen molar-refractivity contribution >= 4 is 28.4 Å². The van der Waals surface area contributed by atoms with Crippen LogP contribution in [0.4, 0.5) is 0 Å². The Morgan fingerprint density at radius 3 is 2.95 bits per heavy atom. The second-order valence-corrected chi connectivity index (χ2v) is 5.63. The van der Waals surface area contributed by atoms with Gasteiger partial charge in [-0.25, -0.2) is 10.4 Å². The minimum atomic E-state index is -0.463. The molecule has 0 aliphatic rings. The van der Waals surface area contributed by atoms with Crippen molar-refractivity contribution in [2.45, 2.75) is 13.8 Å². The normalized spacial score (nSPS) is 11.4. The molecule has 0 bridgehead atoms. The topological polar surface area (TPSA) is 79.0 Å². The smallest absolute Gasteiger partial charge is 0.275 e. The molecule has 0 unspecified atom stereocenters. The summed E-state index contributed by atoms with van der Waals surface area (Å²) in [7, 11) is 0. The van der Waals surface area contributed by atoms with Crippen molar-refractivity contribution in [1.82, 2.24) is 14.8 Å². The maximum Gasteiger partial charge on any atom is 0.275 e. The zero-order valence-corrected chi connectivity index (χ0v) is 12.9. The lowest BCUT2D eigenvalue weighted by Crippen LogP contribution is -2.17. The van der Waals surface area contributed by atoms with Crippen molar-refractivity contribution in [1.29, 1.82) is 0 Å². The van der Waals surface area contributed by atoms with E-state index in [2.05, 4.69) is 15.5 Å². The van der Waals surface area contributed by atoms with E-state index < -0.39 is 5.91 Å². The molecule has 0 saturated heterocycles. The Kier molecular flexibility index (Phi) is 3.64. The van der Waals surface area contributed by atoms with Crippen LogP contribution in [-0.2, 0) is 0 Å². The van der Waals surface area contributed by atoms with Crippen LogP contribution in [0.15, 0.2) is 34.7 Å². The predicted octanol–water partition coefficient (Wildman–Crippen LogP) is 2.48. The van der Waals surface area contributed by atoms with Crippen LogP contribution in [0.1, 0.15) is 27.4 Å². The van der Waals surface area contributed by atoms with Gasteiger partial charge in [0.25, 0.3) is 5.91 Å². The maximum absolute atomic E-state index is 12.0. The van der Waals surface area contributed by atoms with Gasteiger partial charge in [0.15, 0.2) is 4.96 Å². The number of benzene rings is 1. The van der Waals surface area contributed by atoms with Gasteiger partial charge in [0.2, 0.25) is 0 Å². The minimum Gasteiger partial charge on any atom is -0.507 e. The Bertz CT molecular complexity index is 879. The van der Waals surface area contributed by atoms with Crippen LogP contribution in [0, 0.1) is 13.8 Å². The Morgan fingerprint density at radius 1 is 1.41 bits per heavy atom. The molecule has 0 spiro atoms. The molecule has 0 atom stereocenters. The standard InChI is InChI=1S/C15H14N4O2S/c1-9-8-22-15-17-10(2)12(19(9)15)7-16-18-14(21)11-5-3-4-6-13(11)20/h3-8,20H,1-2H3,(H,18,21)/b16-7+. The molecule has 7 heteroatoms. The number of aromatic hydroxyl groups is 1. The number of para-hydroxylation sites is 1. The minimum absolute atomic E-state index is 0.0770. The second-order valence-electron chi connectivity index (χ2n) is 4.79. The fourth-order valence-corrected chi connectivity index (χ4v) is 3.07. The van der Waals surface area contributed by atoms with Crippen molar-refractivity contribution in [2.75, 3.05) is 0 Å². The number of fused-ring (bicyclic) bond motifs is 1. The highest BCUT2D eigenvalue weighted by atomic mass is 32.1. The predicted molar refractivity (Wildman–Crippen MR) is 85.7 cm³/mol. The lowest BCUT2D eigenvalue weighted by atomic mass is 10.2. The number of hydrazone groups is 1. The average molecular weight is 314 g/mol. The number of hydrogen-bond acceptors (Lipinski definition) is 5. The summed E-state index contributed by atoms with van der Waals surface area (Å²) in [6, 6.07) is 6.32. The van der Waals surface area contributed by atoms with Gasteiger partial charge in [0.05, 0.1) is 23.2 Å². The molecule has 1 aromatic carbocycles. The van der Waals surface area contributed by atoms with Gasteiger partial charge >= 0.3 is 0 Å². The largest absolute Gasteiger partial charge is 0.507 e. The van der Waals surface area contributed by atoms with Gasteiger partial charge in [0.1, 0.15) is 5.75 Å². The number of thiazole rings is 1. The van der Waals surface area contributed by atoms with Crippen molar-refractivity contribution in [2.24, 2.45) is 5.10 Å².